The molecule has 0 unspecified atom stereocenters. The lowest BCUT2D eigenvalue weighted by molar-refractivity contribution is 0.0748. The summed E-state index contributed by atoms with van der Waals surface area (Å²) in [5.74, 6) is -0.0556. The van der Waals surface area contributed by atoms with E-state index in [2.05, 4.69) is 9.68 Å². The molecule has 5 rings (SSSR count). The SMILES string of the molecule is CC(C)(O)c1csc([S@@](N)(=O)=NC(=O)Nc2c3c(nc(C4CC4)c2C2CC2)CCC3)c1F. The number of aromatic nitrogens is 1. The smallest absolute Gasteiger partial charge is 0.354 e. The molecular formula is C22H27FN4O3S2. The van der Waals surface area contributed by atoms with Gasteiger partial charge in [-0.25, -0.2) is 18.5 Å². The second-order valence-electron chi connectivity index (χ2n) is 9.51. The van der Waals surface area contributed by atoms with Crippen LogP contribution < -0.4 is 10.5 Å². The van der Waals surface area contributed by atoms with Gasteiger partial charge in [0, 0.05) is 33.8 Å². The predicted molar refractivity (Wildman–Crippen MR) is 122 cm³/mol. The molecule has 10 heteroatoms. The summed E-state index contributed by atoms with van der Waals surface area (Å²) in [6.07, 6.45) is 7.04. The topological polar surface area (TPSA) is 118 Å². The Morgan fingerprint density at radius 2 is 2.00 bits per heavy atom. The maximum atomic E-state index is 14.8. The number of fused-ring (bicyclic) bond motifs is 1. The molecule has 0 bridgehead atoms. The van der Waals surface area contributed by atoms with Crippen LogP contribution in [0.1, 0.15) is 85.9 Å². The summed E-state index contributed by atoms with van der Waals surface area (Å²) >= 11 is 0.792. The lowest BCUT2D eigenvalue weighted by Crippen LogP contribution is -2.21. The number of pyridine rings is 1. The number of thiophene rings is 1. The zero-order chi connectivity index (χ0) is 22.8. The Balaban J connectivity index is 1.52. The van der Waals surface area contributed by atoms with Crippen molar-refractivity contribution in [1.82, 2.24) is 4.98 Å². The third kappa shape index (κ3) is 3.98. The number of urea groups is 1. The van der Waals surface area contributed by atoms with E-state index in [0.717, 1.165) is 84.5 Å². The van der Waals surface area contributed by atoms with Gasteiger partial charge in [0.05, 0.1) is 11.3 Å². The van der Waals surface area contributed by atoms with Crippen LogP contribution in [0.15, 0.2) is 14.0 Å². The van der Waals surface area contributed by atoms with Crippen LogP contribution in [-0.2, 0) is 28.4 Å². The molecule has 172 valence electrons. The van der Waals surface area contributed by atoms with Crippen molar-refractivity contribution < 1.29 is 18.5 Å². The quantitative estimate of drug-likeness (QED) is 0.578. The van der Waals surface area contributed by atoms with E-state index in [1.807, 2.05) is 0 Å². The largest absolute Gasteiger partial charge is 0.386 e. The van der Waals surface area contributed by atoms with Gasteiger partial charge >= 0.3 is 6.03 Å². The maximum absolute atomic E-state index is 14.8. The van der Waals surface area contributed by atoms with Gasteiger partial charge in [0.1, 0.15) is 0 Å². The van der Waals surface area contributed by atoms with Crippen LogP contribution in [0.3, 0.4) is 0 Å². The Bertz CT molecular complexity index is 1230. The van der Waals surface area contributed by atoms with Crippen molar-refractivity contribution in [3.05, 3.63) is 39.3 Å². The number of amides is 2. The molecule has 0 aromatic carbocycles. The molecule has 3 aliphatic carbocycles. The van der Waals surface area contributed by atoms with Gasteiger partial charge in [-0.2, -0.15) is 0 Å². The van der Waals surface area contributed by atoms with E-state index >= 15 is 0 Å². The number of carbonyl (C=O) groups is 1. The zero-order valence-electron chi connectivity index (χ0n) is 18.1. The van der Waals surface area contributed by atoms with Crippen molar-refractivity contribution in [2.45, 2.75) is 80.4 Å². The molecule has 0 spiro atoms. The van der Waals surface area contributed by atoms with Crippen molar-refractivity contribution in [2.24, 2.45) is 9.50 Å². The van der Waals surface area contributed by atoms with Crippen LogP contribution in [0, 0.1) is 5.82 Å². The summed E-state index contributed by atoms with van der Waals surface area (Å²) in [5, 5.41) is 20.2. The molecular weight excluding hydrogens is 451 g/mol. The number of carbonyl (C=O) groups excluding carboxylic acids is 1. The van der Waals surface area contributed by atoms with Gasteiger partial charge in [-0.1, -0.05) is 0 Å². The van der Waals surface area contributed by atoms with Gasteiger partial charge in [-0.15, -0.1) is 15.7 Å². The summed E-state index contributed by atoms with van der Waals surface area (Å²) < 4.78 is 31.2. The highest BCUT2D eigenvalue weighted by atomic mass is 32.2. The minimum Gasteiger partial charge on any atom is -0.386 e. The number of hydrogen-bond acceptors (Lipinski definition) is 5. The van der Waals surface area contributed by atoms with Gasteiger partial charge in [0.25, 0.3) is 0 Å². The van der Waals surface area contributed by atoms with E-state index in [0.29, 0.717) is 11.8 Å². The third-order valence-electron chi connectivity index (χ3n) is 6.32. The molecule has 2 saturated carbocycles. The molecule has 1 atom stereocenters. The third-order valence-corrected chi connectivity index (χ3v) is 9.22. The second-order valence-corrected chi connectivity index (χ2v) is 12.4. The van der Waals surface area contributed by atoms with Gasteiger partial charge in [-0.3, -0.25) is 4.98 Å². The number of aliphatic hydroxyl groups is 1. The van der Waals surface area contributed by atoms with Gasteiger partial charge < -0.3 is 10.4 Å². The standard InChI is InChI=1S/C22H27FN4O3S2/c1-22(2,29)14-10-31-20(17(14)23)32(24,30)27-21(28)26-19-13-4-3-5-15(13)25-18(12-8-9-12)16(19)11-6-7-11/h10-12,29H,3-9H2,1-2H3,(H3,24,25,26,27,28,30)/t32-/m0/s1. The Morgan fingerprint density at radius 1 is 1.31 bits per heavy atom. The average molecular weight is 479 g/mol. The molecule has 0 radical (unpaired) electrons. The summed E-state index contributed by atoms with van der Waals surface area (Å²) in [5.41, 5.74) is 3.53. The molecule has 2 aromatic heterocycles. The fraction of sp³-hybridized carbons (Fsp3) is 0.545. The summed E-state index contributed by atoms with van der Waals surface area (Å²) in [6, 6.07) is -0.848. The Labute approximate surface area is 191 Å². The molecule has 7 nitrogen and oxygen atoms in total. The molecule has 2 heterocycles. The highest BCUT2D eigenvalue weighted by Crippen LogP contribution is 2.53. The van der Waals surface area contributed by atoms with E-state index in [4.69, 9.17) is 10.1 Å². The number of nitrogens with zero attached hydrogens (tertiary/aromatic N) is 2. The molecule has 3 aliphatic rings. The first-order valence-corrected chi connectivity index (χ1v) is 13.4. The van der Waals surface area contributed by atoms with Gasteiger partial charge in [0.15, 0.2) is 19.9 Å². The number of rotatable bonds is 5. The zero-order valence-corrected chi connectivity index (χ0v) is 19.7. The van der Waals surface area contributed by atoms with Crippen LogP contribution in [0.25, 0.3) is 0 Å². The van der Waals surface area contributed by atoms with E-state index < -0.39 is 27.4 Å². The first-order chi connectivity index (χ1) is 15.1. The predicted octanol–water partition coefficient (Wildman–Crippen LogP) is 4.69. The van der Waals surface area contributed by atoms with Crippen LogP contribution in [-0.4, -0.2) is 20.3 Å². The van der Waals surface area contributed by atoms with Crippen LogP contribution >= 0.6 is 11.3 Å². The normalized spacial score (nSPS) is 20.0. The number of nitrogens with one attached hydrogen (secondary N) is 1. The highest BCUT2D eigenvalue weighted by molar-refractivity contribution is 7.93. The highest BCUT2D eigenvalue weighted by Gasteiger charge is 2.39. The number of hydrogen-bond donors (Lipinski definition) is 3. The van der Waals surface area contributed by atoms with E-state index in [1.54, 1.807) is 0 Å². The maximum Gasteiger partial charge on any atom is 0.354 e. The number of aryl methyl sites for hydroxylation is 1. The van der Waals surface area contributed by atoms with E-state index in [9.17, 15) is 18.5 Å². The summed E-state index contributed by atoms with van der Waals surface area (Å²) in [7, 11) is -3.82. The van der Waals surface area contributed by atoms with Crippen LogP contribution in [0.2, 0.25) is 0 Å². The molecule has 2 fully saturated rings. The molecule has 4 N–H and O–H groups in total. The number of nitrogens with two attached hydrogens (primary N) is 1. The van der Waals surface area contributed by atoms with Crippen LogP contribution in [0.5, 0.6) is 0 Å². The summed E-state index contributed by atoms with van der Waals surface area (Å²) in [6.45, 7) is 2.84. The van der Waals surface area contributed by atoms with Crippen molar-refractivity contribution in [3.8, 4) is 0 Å². The van der Waals surface area contributed by atoms with Crippen molar-refractivity contribution in [1.29, 1.82) is 0 Å². The average Bonchev–Trinajstić information content (AvgIpc) is 3.60. The first kappa shape index (κ1) is 21.9. The minimum absolute atomic E-state index is 0.0247. The van der Waals surface area contributed by atoms with E-state index in [1.165, 1.54) is 19.2 Å². The van der Waals surface area contributed by atoms with Gasteiger partial charge in [-0.05, 0) is 70.3 Å². The fourth-order valence-corrected chi connectivity index (χ4v) is 6.82. The monoisotopic (exact) mass is 478 g/mol. The molecule has 32 heavy (non-hydrogen) atoms. The summed E-state index contributed by atoms with van der Waals surface area (Å²) in [4.78, 5) is 17.9. The van der Waals surface area contributed by atoms with Crippen LogP contribution in [0.4, 0.5) is 14.9 Å². The van der Waals surface area contributed by atoms with Crippen molar-refractivity contribution in [2.75, 3.05) is 5.32 Å². The first-order valence-electron chi connectivity index (χ1n) is 11.0. The van der Waals surface area contributed by atoms with Crippen molar-refractivity contribution in [3.63, 3.8) is 0 Å². The number of anilines is 1. The lowest BCUT2D eigenvalue weighted by atomic mass is 9.98. The fourth-order valence-electron chi connectivity index (χ4n) is 4.44. The molecule has 0 aliphatic heterocycles. The Hall–Kier alpha value is -1.88. The molecule has 2 amide bonds. The molecule has 0 saturated heterocycles. The van der Waals surface area contributed by atoms with E-state index in [-0.39, 0.29) is 9.77 Å². The number of halogens is 1. The second kappa shape index (κ2) is 7.58. The Kier molecular flexibility index (Phi) is 5.20. The molecule has 2 aromatic rings. The lowest BCUT2D eigenvalue weighted by Gasteiger charge is -2.18. The van der Waals surface area contributed by atoms with Gasteiger partial charge in [0.2, 0.25) is 0 Å². The minimum atomic E-state index is -3.82. The Morgan fingerprint density at radius 3 is 2.59 bits per heavy atom. The van der Waals surface area contributed by atoms with Crippen molar-refractivity contribution >= 4 is 33.0 Å².